The summed E-state index contributed by atoms with van der Waals surface area (Å²) in [6.07, 6.45) is 4.16. The summed E-state index contributed by atoms with van der Waals surface area (Å²) in [6.45, 7) is 8.01. The quantitative estimate of drug-likeness (QED) is 0.612. The Morgan fingerprint density at radius 1 is 1.09 bits per heavy atom. The van der Waals surface area contributed by atoms with E-state index in [1.807, 2.05) is 24.3 Å². The van der Waals surface area contributed by atoms with Crippen molar-refractivity contribution in [3.63, 3.8) is 0 Å². The Bertz CT molecular complexity index is 947. The maximum Gasteiger partial charge on any atom is 0.261 e. The molecule has 6 heteroatoms. The molecule has 0 aromatic heterocycles. The third-order valence-corrected chi connectivity index (χ3v) is 6.18. The molecule has 1 saturated carbocycles. The molecule has 0 aliphatic heterocycles. The Hall–Kier alpha value is -2.89. The van der Waals surface area contributed by atoms with Gasteiger partial charge in [0.2, 0.25) is 5.91 Å². The van der Waals surface area contributed by atoms with Crippen molar-refractivity contribution < 1.29 is 18.7 Å². The van der Waals surface area contributed by atoms with Crippen molar-refractivity contribution in [2.24, 2.45) is 0 Å². The van der Waals surface area contributed by atoms with Crippen LogP contribution in [0.2, 0.25) is 0 Å². The van der Waals surface area contributed by atoms with Gasteiger partial charge in [0, 0.05) is 12.6 Å². The molecule has 3 rings (SSSR count). The molecule has 1 atom stereocenters. The Labute approximate surface area is 196 Å². The fraction of sp³-hybridized carbons (Fsp3) is 0.481. The minimum atomic E-state index is -0.676. The van der Waals surface area contributed by atoms with Gasteiger partial charge < -0.3 is 15.0 Å². The second-order valence-electron chi connectivity index (χ2n) is 9.85. The zero-order valence-corrected chi connectivity index (χ0v) is 20.1. The van der Waals surface area contributed by atoms with Gasteiger partial charge in [-0.25, -0.2) is 4.39 Å². The Kier molecular flexibility index (Phi) is 8.11. The Balaban J connectivity index is 1.75. The standard InChI is InChI=1S/C27H35FN2O3/c1-19(26(32)29-22-9-5-6-10-22)30(17-20-13-15-21(28)16-14-20)25(31)18-33-24-12-8-7-11-23(24)27(2,3)4/h7-8,11-16,19,22H,5-6,9-10,17-18H2,1-4H3,(H,29,32)/t19-/m1/s1. The van der Waals surface area contributed by atoms with Crippen molar-refractivity contribution in [2.75, 3.05) is 6.61 Å². The third-order valence-electron chi connectivity index (χ3n) is 6.18. The van der Waals surface area contributed by atoms with Crippen molar-refractivity contribution in [3.05, 3.63) is 65.5 Å². The molecule has 1 aliphatic carbocycles. The molecule has 1 aliphatic rings. The number of ether oxygens (including phenoxy) is 1. The largest absolute Gasteiger partial charge is 0.483 e. The topological polar surface area (TPSA) is 58.6 Å². The number of carbonyl (C=O) groups excluding carboxylic acids is 2. The van der Waals surface area contributed by atoms with Crippen LogP contribution in [0.25, 0.3) is 0 Å². The van der Waals surface area contributed by atoms with Crippen LogP contribution >= 0.6 is 0 Å². The molecular weight excluding hydrogens is 419 g/mol. The predicted octanol–water partition coefficient (Wildman–Crippen LogP) is 4.98. The van der Waals surface area contributed by atoms with E-state index in [-0.39, 0.29) is 42.2 Å². The molecule has 33 heavy (non-hydrogen) atoms. The first-order valence-corrected chi connectivity index (χ1v) is 11.7. The second-order valence-corrected chi connectivity index (χ2v) is 9.85. The van der Waals surface area contributed by atoms with Crippen molar-refractivity contribution in [1.29, 1.82) is 0 Å². The van der Waals surface area contributed by atoms with Gasteiger partial charge >= 0.3 is 0 Å². The lowest BCUT2D eigenvalue weighted by Crippen LogP contribution is -2.50. The number of carbonyl (C=O) groups is 2. The molecular formula is C27H35FN2O3. The normalized spacial score (nSPS) is 15.2. The van der Waals surface area contributed by atoms with Gasteiger partial charge in [-0.3, -0.25) is 9.59 Å². The number of benzene rings is 2. The van der Waals surface area contributed by atoms with E-state index in [0.29, 0.717) is 5.75 Å². The van der Waals surface area contributed by atoms with Crippen LogP contribution in [0.4, 0.5) is 4.39 Å². The molecule has 1 N–H and O–H groups in total. The summed E-state index contributed by atoms with van der Waals surface area (Å²) in [5, 5.41) is 3.08. The van der Waals surface area contributed by atoms with E-state index in [9.17, 15) is 14.0 Å². The van der Waals surface area contributed by atoms with Crippen LogP contribution in [0.15, 0.2) is 48.5 Å². The first kappa shape index (κ1) is 24.7. The molecule has 2 amide bonds. The number of hydrogen-bond acceptors (Lipinski definition) is 3. The van der Waals surface area contributed by atoms with Crippen LogP contribution in [0, 0.1) is 5.82 Å². The maximum atomic E-state index is 13.4. The van der Waals surface area contributed by atoms with Crippen LogP contribution in [0.3, 0.4) is 0 Å². The number of hydrogen-bond donors (Lipinski definition) is 1. The van der Waals surface area contributed by atoms with Crippen molar-refractivity contribution in [2.45, 2.75) is 77.4 Å². The summed E-state index contributed by atoms with van der Waals surface area (Å²) in [7, 11) is 0. The molecule has 5 nitrogen and oxygen atoms in total. The number of nitrogens with zero attached hydrogens (tertiary/aromatic N) is 1. The SMILES string of the molecule is C[C@H](C(=O)NC1CCCC1)N(Cc1ccc(F)cc1)C(=O)COc1ccccc1C(C)(C)C. The summed E-state index contributed by atoms with van der Waals surface area (Å²) in [5.41, 5.74) is 1.62. The summed E-state index contributed by atoms with van der Waals surface area (Å²) in [4.78, 5) is 27.7. The van der Waals surface area contributed by atoms with Crippen LogP contribution in [-0.4, -0.2) is 35.4 Å². The molecule has 0 saturated heterocycles. The highest BCUT2D eigenvalue weighted by Crippen LogP contribution is 2.31. The summed E-state index contributed by atoms with van der Waals surface area (Å²) < 4.78 is 19.3. The van der Waals surface area contributed by atoms with Crippen molar-refractivity contribution >= 4 is 11.8 Å². The monoisotopic (exact) mass is 454 g/mol. The number of para-hydroxylation sites is 1. The first-order chi connectivity index (χ1) is 15.6. The second kappa shape index (κ2) is 10.8. The minimum Gasteiger partial charge on any atom is -0.483 e. The molecule has 0 bridgehead atoms. The lowest BCUT2D eigenvalue weighted by atomic mass is 9.86. The molecule has 0 heterocycles. The van der Waals surface area contributed by atoms with Crippen LogP contribution < -0.4 is 10.1 Å². The third kappa shape index (κ3) is 6.80. The highest BCUT2D eigenvalue weighted by molar-refractivity contribution is 5.88. The zero-order valence-electron chi connectivity index (χ0n) is 20.1. The van der Waals surface area contributed by atoms with Gasteiger partial charge in [0.05, 0.1) is 0 Å². The average Bonchev–Trinajstić information content (AvgIpc) is 3.29. The predicted molar refractivity (Wildman–Crippen MR) is 127 cm³/mol. The highest BCUT2D eigenvalue weighted by atomic mass is 19.1. The molecule has 1 fully saturated rings. The lowest BCUT2D eigenvalue weighted by Gasteiger charge is -2.30. The maximum absolute atomic E-state index is 13.4. The van der Waals surface area contributed by atoms with E-state index < -0.39 is 6.04 Å². The molecule has 178 valence electrons. The number of amides is 2. The molecule has 0 spiro atoms. The van der Waals surface area contributed by atoms with Crippen LogP contribution in [0.1, 0.15) is 64.5 Å². The van der Waals surface area contributed by atoms with Gasteiger partial charge in [0.1, 0.15) is 17.6 Å². The van der Waals surface area contributed by atoms with Crippen LogP contribution in [-0.2, 0) is 21.5 Å². The molecule has 2 aromatic rings. The number of rotatable bonds is 8. The van der Waals surface area contributed by atoms with Gasteiger partial charge in [-0.1, -0.05) is 63.9 Å². The molecule has 0 radical (unpaired) electrons. The smallest absolute Gasteiger partial charge is 0.261 e. The van der Waals surface area contributed by atoms with E-state index in [1.54, 1.807) is 19.1 Å². The molecule has 0 unspecified atom stereocenters. The van der Waals surface area contributed by atoms with Gasteiger partial charge in [-0.05, 0) is 54.5 Å². The number of halogens is 1. The molecule has 2 aromatic carbocycles. The van der Waals surface area contributed by atoms with Crippen molar-refractivity contribution in [3.8, 4) is 5.75 Å². The zero-order chi connectivity index (χ0) is 24.0. The number of nitrogens with one attached hydrogen (secondary N) is 1. The summed E-state index contributed by atoms with van der Waals surface area (Å²) in [6, 6.07) is 13.1. The average molecular weight is 455 g/mol. The van der Waals surface area contributed by atoms with Gasteiger partial charge in [-0.15, -0.1) is 0 Å². The van der Waals surface area contributed by atoms with E-state index in [1.165, 1.54) is 17.0 Å². The van der Waals surface area contributed by atoms with E-state index in [4.69, 9.17) is 4.74 Å². The first-order valence-electron chi connectivity index (χ1n) is 11.7. The van der Waals surface area contributed by atoms with Gasteiger partial charge in [0.25, 0.3) is 5.91 Å². The fourth-order valence-corrected chi connectivity index (χ4v) is 4.20. The van der Waals surface area contributed by atoms with Crippen molar-refractivity contribution in [1.82, 2.24) is 10.2 Å². The van der Waals surface area contributed by atoms with E-state index >= 15 is 0 Å². The summed E-state index contributed by atoms with van der Waals surface area (Å²) in [5.74, 6) is -0.154. The lowest BCUT2D eigenvalue weighted by molar-refractivity contribution is -0.142. The summed E-state index contributed by atoms with van der Waals surface area (Å²) >= 11 is 0. The Morgan fingerprint density at radius 3 is 2.36 bits per heavy atom. The highest BCUT2D eigenvalue weighted by Gasteiger charge is 2.29. The van der Waals surface area contributed by atoms with E-state index in [0.717, 1.165) is 36.8 Å². The Morgan fingerprint density at radius 2 is 1.73 bits per heavy atom. The van der Waals surface area contributed by atoms with Gasteiger partial charge in [-0.2, -0.15) is 0 Å². The minimum absolute atomic E-state index is 0.137. The fourth-order valence-electron chi connectivity index (χ4n) is 4.20. The van der Waals surface area contributed by atoms with Gasteiger partial charge in [0.15, 0.2) is 6.61 Å². The van der Waals surface area contributed by atoms with Crippen LogP contribution in [0.5, 0.6) is 5.75 Å². The van der Waals surface area contributed by atoms with E-state index in [2.05, 4.69) is 26.1 Å².